The molecule has 0 radical (unpaired) electrons. The second-order valence-electron chi connectivity index (χ2n) is 24.9. The molecule has 80 heavy (non-hydrogen) atoms. The molecular formula is C74H141NO5. The summed E-state index contributed by atoms with van der Waals surface area (Å²) in [6, 6.07) is -0.547. The van der Waals surface area contributed by atoms with Crippen LogP contribution in [0.5, 0.6) is 0 Å². The van der Waals surface area contributed by atoms with E-state index >= 15 is 0 Å². The second kappa shape index (κ2) is 69.6. The number of unbranched alkanes of at least 4 members (excludes halogenated alkanes) is 51. The van der Waals surface area contributed by atoms with E-state index in [4.69, 9.17) is 4.74 Å². The molecule has 0 aromatic heterocycles. The van der Waals surface area contributed by atoms with Crippen LogP contribution < -0.4 is 5.32 Å². The van der Waals surface area contributed by atoms with Crippen LogP contribution in [0.3, 0.4) is 0 Å². The maximum atomic E-state index is 12.6. The van der Waals surface area contributed by atoms with Gasteiger partial charge in [-0.2, -0.15) is 0 Å². The van der Waals surface area contributed by atoms with Crippen molar-refractivity contribution < 1.29 is 24.5 Å². The lowest BCUT2D eigenvalue weighted by Gasteiger charge is -2.22. The minimum atomic E-state index is -0.669. The minimum Gasteiger partial charge on any atom is -0.466 e. The van der Waals surface area contributed by atoms with Crippen molar-refractivity contribution in [1.82, 2.24) is 5.32 Å². The molecule has 0 saturated carbocycles. The van der Waals surface area contributed by atoms with Crippen LogP contribution in [0.15, 0.2) is 36.5 Å². The fourth-order valence-electron chi connectivity index (χ4n) is 11.4. The maximum Gasteiger partial charge on any atom is 0.305 e. The second-order valence-corrected chi connectivity index (χ2v) is 24.9. The first-order valence-electron chi connectivity index (χ1n) is 36.2. The average molecular weight is 1120 g/mol. The molecular weight excluding hydrogens is 983 g/mol. The van der Waals surface area contributed by atoms with Gasteiger partial charge in [-0.05, 0) is 83.5 Å². The summed E-state index contributed by atoms with van der Waals surface area (Å²) < 4.78 is 5.50. The van der Waals surface area contributed by atoms with Crippen molar-refractivity contribution in [1.29, 1.82) is 0 Å². The molecule has 0 heterocycles. The van der Waals surface area contributed by atoms with Crippen molar-refractivity contribution >= 4 is 11.9 Å². The fraction of sp³-hybridized carbons (Fsp3) is 0.892. The summed E-state index contributed by atoms with van der Waals surface area (Å²) >= 11 is 0. The molecule has 0 aliphatic heterocycles. The van der Waals surface area contributed by atoms with Gasteiger partial charge in [0.05, 0.1) is 25.4 Å². The molecule has 0 rings (SSSR count). The number of ether oxygens (including phenoxy) is 1. The first-order chi connectivity index (χ1) is 39.5. The van der Waals surface area contributed by atoms with E-state index in [2.05, 4.69) is 55.6 Å². The number of hydrogen-bond acceptors (Lipinski definition) is 5. The predicted octanol–water partition coefficient (Wildman–Crippen LogP) is 23.5. The highest BCUT2D eigenvalue weighted by molar-refractivity contribution is 5.76. The Labute approximate surface area is 500 Å². The summed E-state index contributed by atoms with van der Waals surface area (Å²) in [6.45, 7) is 4.96. The number of hydrogen-bond donors (Lipinski definition) is 3. The van der Waals surface area contributed by atoms with Crippen molar-refractivity contribution in [2.45, 2.75) is 411 Å². The number of aliphatic hydroxyl groups excluding tert-OH is 2. The lowest BCUT2D eigenvalue weighted by molar-refractivity contribution is -0.143. The van der Waals surface area contributed by atoms with E-state index in [0.717, 1.165) is 51.4 Å². The molecule has 6 nitrogen and oxygen atoms in total. The molecule has 1 amide bonds. The van der Waals surface area contributed by atoms with Gasteiger partial charge in [0.1, 0.15) is 0 Å². The highest BCUT2D eigenvalue weighted by Crippen LogP contribution is 2.19. The molecule has 6 heteroatoms. The van der Waals surface area contributed by atoms with Gasteiger partial charge in [0.2, 0.25) is 5.91 Å². The Kier molecular flexibility index (Phi) is 67.9. The van der Waals surface area contributed by atoms with Crippen LogP contribution >= 0.6 is 0 Å². The summed E-state index contributed by atoms with van der Waals surface area (Å²) in [6.07, 6.45) is 89.0. The first kappa shape index (κ1) is 78.1. The average Bonchev–Trinajstić information content (AvgIpc) is 3.46. The molecule has 0 saturated heterocycles. The van der Waals surface area contributed by atoms with Gasteiger partial charge in [-0.1, -0.05) is 339 Å². The number of rotatable bonds is 68. The van der Waals surface area contributed by atoms with Crippen LogP contribution in [0.1, 0.15) is 399 Å². The molecule has 3 N–H and O–H groups in total. The van der Waals surface area contributed by atoms with Gasteiger partial charge in [-0.15, -0.1) is 0 Å². The van der Waals surface area contributed by atoms with Crippen molar-refractivity contribution in [3.63, 3.8) is 0 Å². The maximum absolute atomic E-state index is 12.6. The Morgan fingerprint density at radius 1 is 0.350 bits per heavy atom. The molecule has 0 fully saturated rings. The van der Waals surface area contributed by atoms with Crippen LogP contribution in [0.25, 0.3) is 0 Å². The topological polar surface area (TPSA) is 95.9 Å². The van der Waals surface area contributed by atoms with Gasteiger partial charge in [0.25, 0.3) is 0 Å². The van der Waals surface area contributed by atoms with Gasteiger partial charge in [0.15, 0.2) is 0 Å². The zero-order valence-corrected chi connectivity index (χ0v) is 54.1. The molecule has 2 atom stereocenters. The largest absolute Gasteiger partial charge is 0.466 e. The van der Waals surface area contributed by atoms with Crippen LogP contribution in [0, 0.1) is 0 Å². The summed E-state index contributed by atoms with van der Waals surface area (Å²) in [7, 11) is 0. The fourth-order valence-corrected chi connectivity index (χ4v) is 11.4. The Hall–Kier alpha value is -1.92. The molecule has 0 aromatic carbocycles. The Balaban J connectivity index is 3.40. The number of carbonyl (C=O) groups excluding carboxylic acids is 2. The zero-order valence-electron chi connectivity index (χ0n) is 54.1. The minimum absolute atomic E-state index is 0.00548. The number of carbonyl (C=O) groups is 2. The number of allylic oxidation sites excluding steroid dienone is 6. The molecule has 472 valence electrons. The smallest absolute Gasteiger partial charge is 0.305 e. The number of amides is 1. The Bertz CT molecular complexity index is 1300. The first-order valence-corrected chi connectivity index (χ1v) is 36.2. The van der Waals surface area contributed by atoms with Crippen molar-refractivity contribution in [3.05, 3.63) is 36.5 Å². The molecule has 2 unspecified atom stereocenters. The highest BCUT2D eigenvalue weighted by Gasteiger charge is 2.20. The third-order valence-corrected chi connectivity index (χ3v) is 16.9. The Morgan fingerprint density at radius 2 is 0.625 bits per heavy atom. The van der Waals surface area contributed by atoms with Gasteiger partial charge >= 0.3 is 5.97 Å². The summed E-state index contributed by atoms with van der Waals surface area (Å²) in [4.78, 5) is 24.6. The lowest BCUT2D eigenvalue weighted by atomic mass is 10.0. The third kappa shape index (κ3) is 65.2. The van der Waals surface area contributed by atoms with E-state index in [1.165, 1.54) is 315 Å². The van der Waals surface area contributed by atoms with Gasteiger partial charge in [0, 0.05) is 12.8 Å². The van der Waals surface area contributed by atoms with Crippen LogP contribution in [-0.2, 0) is 14.3 Å². The van der Waals surface area contributed by atoms with Crippen LogP contribution in [0.4, 0.5) is 0 Å². The molecule has 0 aliphatic carbocycles. The number of aliphatic hydroxyl groups is 2. The van der Waals surface area contributed by atoms with Crippen LogP contribution in [0.2, 0.25) is 0 Å². The van der Waals surface area contributed by atoms with E-state index in [9.17, 15) is 19.8 Å². The number of nitrogens with one attached hydrogen (secondary N) is 1. The SMILES string of the molecule is CCCCC/C=C\C/C=C\CCCCCCCCCC(=O)OCCCCCCCCCCCCCC/C=C\CCCCCCCCCCC(=O)NC(CO)C(O)CCCCCCCCCCCCCCCCCCCCCCCC. The predicted molar refractivity (Wildman–Crippen MR) is 352 cm³/mol. The highest BCUT2D eigenvalue weighted by atomic mass is 16.5. The van der Waals surface area contributed by atoms with Gasteiger partial charge in [-0.3, -0.25) is 9.59 Å². The quantitative estimate of drug-likeness (QED) is 0.0320. The standard InChI is InChI=1S/C74H141NO5/c1-3-5-7-9-11-13-15-17-19-21-22-23-28-31-35-38-42-46-50-54-58-62-66-72(77)71(70-76)75-73(78)67-63-59-55-51-47-43-39-36-32-29-26-24-25-27-30-33-37-41-45-49-53-57-61-65-69-80-74(79)68-64-60-56-52-48-44-40-34-20-18-16-14-12-10-8-6-4-2/h12,14,18,20,26,29,71-72,76-77H,3-11,13,15-17,19,21-25,27-28,30-70H2,1-2H3,(H,75,78)/b14-12-,20-18-,29-26-. The van der Waals surface area contributed by atoms with E-state index in [1.807, 2.05) is 0 Å². The number of esters is 1. The third-order valence-electron chi connectivity index (χ3n) is 16.9. The van der Waals surface area contributed by atoms with E-state index < -0.39 is 12.1 Å². The van der Waals surface area contributed by atoms with Crippen LogP contribution in [-0.4, -0.2) is 47.4 Å². The van der Waals surface area contributed by atoms with E-state index in [0.29, 0.717) is 25.9 Å². The van der Waals surface area contributed by atoms with E-state index in [-0.39, 0.29) is 18.5 Å². The zero-order chi connectivity index (χ0) is 57.8. The van der Waals surface area contributed by atoms with Crippen molar-refractivity contribution in [3.8, 4) is 0 Å². The Morgan fingerprint density at radius 3 is 0.988 bits per heavy atom. The summed E-state index contributed by atoms with van der Waals surface area (Å²) in [5, 5.41) is 23.4. The lowest BCUT2D eigenvalue weighted by Crippen LogP contribution is -2.45. The van der Waals surface area contributed by atoms with Gasteiger partial charge in [-0.25, -0.2) is 0 Å². The van der Waals surface area contributed by atoms with Gasteiger partial charge < -0.3 is 20.3 Å². The molecule has 0 aliphatic rings. The normalized spacial score (nSPS) is 12.7. The summed E-state index contributed by atoms with van der Waals surface area (Å²) in [5.74, 6) is -0.0300. The van der Waals surface area contributed by atoms with Crippen molar-refractivity contribution in [2.24, 2.45) is 0 Å². The monoisotopic (exact) mass is 1120 g/mol. The van der Waals surface area contributed by atoms with E-state index in [1.54, 1.807) is 0 Å². The molecule has 0 bridgehead atoms. The van der Waals surface area contributed by atoms with Crippen molar-refractivity contribution in [2.75, 3.05) is 13.2 Å². The molecule has 0 spiro atoms. The molecule has 0 aromatic rings. The summed E-state index contributed by atoms with van der Waals surface area (Å²) in [5.41, 5.74) is 0.